The van der Waals surface area contributed by atoms with Crippen LogP contribution in [0.15, 0.2) is 91.1 Å². The van der Waals surface area contributed by atoms with Crippen LogP contribution in [-0.4, -0.2) is 42.7 Å². The summed E-state index contributed by atoms with van der Waals surface area (Å²) >= 11 is 0. The van der Waals surface area contributed by atoms with Crippen molar-refractivity contribution in [3.05, 3.63) is 114 Å². The molecule has 4 rings (SSSR count). The molecule has 0 radical (unpaired) electrons. The van der Waals surface area contributed by atoms with Crippen LogP contribution in [0, 0.1) is 5.82 Å². The fraction of sp³-hybridized carbons (Fsp3) is 0.265. The molecule has 3 aromatic carbocycles. The normalized spacial score (nSPS) is 11.5. The molecule has 0 aliphatic carbocycles. The van der Waals surface area contributed by atoms with E-state index >= 15 is 0 Å². The van der Waals surface area contributed by atoms with Gasteiger partial charge in [0.1, 0.15) is 23.9 Å². The van der Waals surface area contributed by atoms with Crippen molar-refractivity contribution in [3.63, 3.8) is 0 Å². The van der Waals surface area contributed by atoms with Crippen LogP contribution in [0.5, 0.6) is 11.5 Å². The average Bonchev–Trinajstić information content (AvgIpc) is 3.00. The molecule has 0 saturated heterocycles. The summed E-state index contributed by atoms with van der Waals surface area (Å²) in [7, 11) is 0. The first-order valence-electron chi connectivity index (χ1n) is 14.0. The van der Waals surface area contributed by atoms with Gasteiger partial charge in [-0.25, -0.2) is 9.18 Å². The molecule has 7 nitrogen and oxygen atoms in total. The molecule has 0 aliphatic heterocycles. The van der Waals surface area contributed by atoms with E-state index in [2.05, 4.69) is 24.1 Å². The summed E-state index contributed by atoms with van der Waals surface area (Å²) in [6.45, 7) is 6.85. The second-order valence-electron chi connectivity index (χ2n) is 9.97. The van der Waals surface area contributed by atoms with E-state index in [1.807, 2.05) is 48.5 Å². The van der Waals surface area contributed by atoms with E-state index in [9.17, 15) is 14.0 Å². The molecule has 0 bridgehead atoms. The molecule has 0 spiro atoms. The number of ether oxygens (including phenoxy) is 3. The predicted molar refractivity (Wildman–Crippen MR) is 159 cm³/mol. The van der Waals surface area contributed by atoms with Gasteiger partial charge in [0.15, 0.2) is 6.10 Å². The van der Waals surface area contributed by atoms with E-state index in [-0.39, 0.29) is 24.9 Å². The van der Waals surface area contributed by atoms with Gasteiger partial charge >= 0.3 is 5.97 Å². The van der Waals surface area contributed by atoms with Gasteiger partial charge in [0, 0.05) is 18.2 Å². The molecule has 4 aromatic rings. The number of carbonyl (C=O) groups is 2. The van der Waals surface area contributed by atoms with E-state index in [1.165, 1.54) is 23.9 Å². The largest absolute Gasteiger partial charge is 0.492 e. The molecule has 0 saturated carbocycles. The number of hydrogen-bond acceptors (Lipinski definition) is 6. The Kier molecular flexibility index (Phi) is 10.6. The number of rotatable bonds is 13. The maximum absolute atomic E-state index is 13.1. The quantitative estimate of drug-likeness (QED) is 0.148. The lowest BCUT2D eigenvalue weighted by Gasteiger charge is -2.18. The Morgan fingerprint density at radius 1 is 0.881 bits per heavy atom. The van der Waals surface area contributed by atoms with Crippen molar-refractivity contribution < 1.29 is 28.2 Å². The van der Waals surface area contributed by atoms with Gasteiger partial charge in [-0.2, -0.15) is 0 Å². The van der Waals surface area contributed by atoms with Crippen molar-refractivity contribution >= 4 is 11.9 Å². The van der Waals surface area contributed by atoms with Crippen LogP contribution in [0.25, 0.3) is 11.3 Å². The Morgan fingerprint density at radius 3 is 2.19 bits per heavy atom. The predicted octanol–water partition coefficient (Wildman–Crippen LogP) is 6.37. The van der Waals surface area contributed by atoms with E-state index in [1.54, 1.807) is 31.2 Å². The Morgan fingerprint density at radius 2 is 1.57 bits per heavy atom. The summed E-state index contributed by atoms with van der Waals surface area (Å²) in [6, 6.07) is 24.5. The van der Waals surface area contributed by atoms with Crippen LogP contribution < -0.4 is 14.8 Å². The zero-order valence-corrected chi connectivity index (χ0v) is 24.0. The van der Waals surface area contributed by atoms with Gasteiger partial charge in [0.05, 0.1) is 24.4 Å². The molecule has 1 heterocycles. The molecule has 1 unspecified atom stereocenters. The van der Waals surface area contributed by atoms with Crippen molar-refractivity contribution in [2.24, 2.45) is 0 Å². The summed E-state index contributed by atoms with van der Waals surface area (Å²) in [5.74, 6) is 0.652. The number of aromatic nitrogens is 1. The van der Waals surface area contributed by atoms with Gasteiger partial charge in [0.25, 0.3) is 5.91 Å². The Hall–Kier alpha value is -4.72. The van der Waals surface area contributed by atoms with Crippen LogP contribution in [0.2, 0.25) is 0 Å². The first-order valence-corrected chi connectivity index (χ1v) is 14.0. The van der Waals surface area contributed by atoms with Crippen LogP contribution in [0.4, 0.5) is 4.39 Å². The lowest BCUT2D eigenvalue weighted by molar-refractivity contribution is -0.151. The minimum Gasteiger partial charge on any atom is -0.492 e. The highest BCUT2D eigenvalue weighted by molar-refractivity contribution is 5.94. The third-order valence-corrected chi connectivity index (χ3v) is 6.54. The second kappa shape index (κ2) is 14.8. The number of pyridine rings is 1. The average molecular weight is 571 g/mol. The van der Waals surface area contributed by atoms with Crippen LogP contribution in [0.3, 0.4) is 0 Å². The highest BCUT2D eigenvalue weighted by atomic mass is 19.1. The van der Waals surface area contributed by atoms with Crippen LogP contribution in [0.1, 0.15) is 48.2 Å². The van der Waals surface area contributed by atoms with Gasteiger partial charge in [-0.1, -0.05) is 38.1 Å². The third kappa shape index (κ3) is 8.64. The van der Waals surface area contributed by atoms with Crippen molar-refractivity contribution in [1.29, 1.82) is 0 Å². The Balaban J connectivity index is 1.25. The highest BCUT2D eigenvalue weighted by Gasteiger charge is 2.23. The lowest BCUT2D eigenvalue weighted by atomic mass is 10.0. The summed E-state index contributed by atoms with van der Waals surface area (Å²) in [5.41, 5.74) is 3.92. The van der Waals surface area contributed by atoms with Gasteiger partial charge in [-0.3, -0.25) is 9.78 Å². The summed E-state index contributed by atoms with van der Waals surface area (Å²) in [5, 5.41) is 2.81. The number of esters is 1. The third-order valence-electron chi connectivity index (χ3n) is 6.54. The molecule has 42 heavy (non-hydrogen) atoms. The molecule has 8 heteroatoms. The molecular formula is C34H35FN2O5. The SMILES string of the molecule is CCOC(=O)C(Cc1ccc(OCCNC(=O)c2ccc(-c3ccc(F)cc3)nc2)cc1)Oc1ccc(C(C)C)cc1. The van der Waals surface area contributed by atoms with Crippen molar-refractivity contribution in [3.8, 4) is 22.8 Å². The van der Waals surface area contributed by atoms with Crippen molar-refractivity contribution in [2.45, 2.75) is 39.2 Å². The molecule has 1 aromatic heterocycles. The van der Waals surface area contributed by atoms with E-state index < -0.39 is 12.1 Å². The maximum atomic E-state index is 13.1. The molecular weight excluding hydrogens is 535 g/mol. The summed E-state index contributed by atoms with van der Waals surface area (Å²) in [6.07, 6.45) is 1.05. The highest BCUT2D eigenvalue weighted by Crippen LogP contribution is 2.22. The number of halogens is 1. The van der Waals surface area contributed by atoms with E-state index in [4.69, 9.17) is 14.2 Å². The minimum atomic E-state index is -0.781. The maximum Gasteiger partial charge on any atom is 0.347 e. The fourth-order valence-corrected chi connectivity index (χ4v) is 4.19. The molecule has 1 atom stereocenters. The molecule has 1 amide bonds. The number of amides is 1. The fourth-order valence-electron chi connectivity index (χ4n) is 4.19. The number of carbonyl (C=O) groups excluding carboxylic acids is 2. The van der Waals surface area contributed by atoms with Gasteiger partial charge in [0.2, 0.25) is 0 Å². The zero-order chi connectivity index (χ0) is 29.9. The second-order valence-corrected chi connectivity index (χ2v) is 9.97. The number of nitrogens with one attached hydrogen (secondary N) is 1. The number of nitrogens with zero attached hydrogens (tertiary/aromatic N) is 1. The molecule has 218 valence electrons. The summed E-state index contributed by atoms with van der Waals surface area (Å²) < 4.78 is 30.1. The van der Waals surface area contributed by atoms with Gasteiger partial charge in [-0.05, 0) is 84.6 Å². The minimum absolute atomic E-state index is 0.268. The molecule has 0 aliphatic rings. The first kappa shape index (κ1) is 30.2. The summed E-state index contributed by atoms with van der Waals surface area (Å²) in [4.78, 5) is 29.4. The van der Waals surface area contributed by atoms with Crippen LogP contribution in [-0.2, 0) is 16.0 Å². The monoisotopic (exact) mass is 570 g/mol. The number of hydrogen-bond donors (Lipinski definition) is 1. The van der Waals surface area contributed by atoms with E-state index in [0.29, 0.717) is 41.6 Å². The van der Waals surface area contributed by atoms with Gasteiger partial charge < -0.3 is 19.5 Å². The van der Waals surface area contributed by atoms with Crippen molar-refractivity contribution in [1.82, 2.24) is 10.3 Å². The zero-order valence-electron chi connectivity index (χ0n) is 24.0. The first-order chi connectivity index (χ1) is 20.3. The Labute approximate surface area is 245 Å². The topological polar surface area (TPSA) is 86.8 Å². The number of benzene rings is 3. The van der Waals surface area contributed by atoms with Crippen molar-refractivity contribution in [2.75, 3.05) is 19.8 Å². The Bertz CT molecular complexity index is 1440. The molecule has 0 fully saturated rings. The standard InChI is InChI=1S/C34H35FN2O5/c1-4-40-34(39)32(42-30-16-9-25(10-17-30)23(2)3)21-24-5-14-29(15-6-24)41-20-19-36-33(38)27-11-18-31(37-22-27)26-7-12-28(35)13-8-26/h5-18,22-23,32H,4,19-21H2,1-3H3,(H,36,38). The van der Waals surface area contributed by atoms with Crippen LogP contribution >= 0.6 is 0 Å². The van der Waals surface area contributed by atoms with Gasteiger partial charge in [-0.15, -0.1) is 0 Å². The molecule has 1 N–H and O–H groups in total. The smallest absolute Gasteiger partial charge is 0.347 e. The lowest BCUT2D eigenvalue weighted by Crippen LogP contribution is -2.31. The van der Waals surface area contributed by atoms with E-state index in [0.717, 1.165) is 11.1 Å².